The topological polar surface area (TPSA) is 66.9 Å². The van der Waals surface area contributed by atoms with Crippen LogP contribution in [0.5, 0.6) is 0 Å². The number of carbonyl (C=O) groups is 1. The van der Waals surface area contributed by atoms with E-state index in [2.05, 4.69) is 0 Å². The third-order valence-corrected chi connectivity index (χ3v) is 6.91. The Balaban J connectivity index is 1.53. The normalized spacial score (nSPS) is 22.3. The summed E-state index contributed by atoms with van der Waals surface area (Å²) < 4.78 is 31.0. The number of benzene rings is 2. The molecule has 0 unspecified atom stereocenters. The van der Waals surface area contributed by atoms with Crippen molar-refractivity contribution in [1.82, 2.24) is 4.90 Å². The van der Waals surface area contributed by atoms with Crippen LogP contribution >= 0.6 is 0 Å². The Hall–Kier alpha value is -2.38. The van der Waals surface area contributed by atoms with Gasteiger partial charge in [-0.2, -0.15) is 0 Å². The zero-order chi connectivity index (χ0) is 20.6. The van der Waals surface area contributed by atoms with Gasteiger partial charge in [0.2, 0.25) is 10.0 Å². The summed E-state index contributed by atoms with van der Waals surface area (Å²) >= 11 is 0. The highest BCUT2D eigenvalue weighted by Gasteiger charge is 2.40. The molecule has 0 aromatic heterocycles. The number of ether oxygens (including phenoxy) is 1. The van der Waals surface area contributed by atoms with Gasteiger partial charge in [-0.1, -0.05) is 30.3 Å². The van der Waals surface area contributed by atoms with E-state index in [1.807, 2.05) is 35.2 Å². The number of sulfonamides is 1. The second kappa shape index (κ2) is 7.80. The zero-order valence-electron chi connectivity index (χ0n) is 16.7. The van der Waals surface area contributed by atoms with Crippen molar-refractivity contribution in [2.75, 3.05) is 30.7 Å². The molecular formula is C22H26N2O4S. The van der Waals surface area contributed by atoms with Crippen LogP contribution in [0.15, 0.2) is 54.6 Å². The van der Waals surface area contributed by atoms with Crippen LogP contribution in [-0.4, -0.2) is 51.7 Å². The maximum absolute atomic E-state index is 13.2. The van der Waals surface area contributed by atoms with Gasteiger partial charge in [0, 0.05) is 19.2 Å². The zero-order valence-corrected chi connectivity index (χ0v) is 17.5. The van der Waals surface area contributed by atoms with Crippen molar-refractivity contribution in [2.45, 2.75) is 25.0 Å². The van der Waals surface area contributed by atoms with Gasteiger partial charge in [0.1, 0.15) is 6.10 Å². The number of nitrogens with zero attached hydrogens (tertiary/aromatic N) is 2. The van der Waals surface area contributed by atoms with Crippen LogP contribution in [0.2, 0.25) is 0 Å². The number of rotatable bonds is 5. The van der Waals surface area contributed by atoms with Gasteiger partial charge in [-0.15, -0.1) is 0 Å². The summed E-state index contributed by atoms with van der Waals surface area (Å²) in [6, 6.07) is 16.8. The van der Waals surface area contributed by atoms with Gasteiger partial charge >= 0.3 is 0 Å². The Labute approximate surface area is 172 Å². The fourth-order valence-corrected chi connectivity index (χ4v) is 4.23. The quantitative estimate of drug-likeness (QED) is 0.754. The van der Waals surface area contributed by atoms with Crippen molar-refractivity contribution < 1.29 is 17.9 Å². The van der Waals surface area contributed by atoms with E-state index in [-0.39, 0.29) is 18.1 Å². The third kappa shape index (κ3) is 4.46. The largest absolute Gasteiger partial charge is 0.366 e. The Morgan fingerprint density at radius 3 is 2.28 bits per heavy atom. The average Bonchev–Trinajstić information content (AvgIpc) is 3.58. The van der Waals surface area contributed by atoms with Crippen LogP contribution in [0.1, 0.15) is 34.9 Å². The van der Waals surface area contributed by atoms with E-state index < -0.39 is 10.0 Å². The number of amides is 1. The molecule has 1 aliphatic carbocycles. The molecule has 0 N–H and O–H groups in total. The first-order chi connectivity index (χ1) is 13.8. The maximum Gasteiger partial charge on any atom is 0.254 e. The van der Waals surface area contributed by atoms with Crippen LogP contribution < -0.4 is 4.31 Å². The van der Waals surface area contributed by atoms with Gasteiger partial charge in [-0.3, -0.25) is 9.10 Å². The Bertz CT molecular complexity index is 972. The molecule has 2 aliphatic rings. The summed E-state index contributed by atoms with van der Waals surface area (Å²) in [6.07, 6.45) is 3.40. The lowest BCUT2D eigenvalue weighted by atomic mass is 10.0. The number of hydrogen-bond donors (Lipinski definition) is 0. The van der Waals surface area contributed by atoms with E-state index in [0.717, 1.165) is 24.7 Å². The van der Waals surface area contributed by atoms with Crippen molar-refractivity contribution in [3.8, 4) is 0 Å². The molecule has 7 heteroatoms. The fourth-order valence-electron chi connectivity index (χ4n) is 3.72. The van der Waals surface area contributed by atoms with Gasteiger partial charge < -0.3 is 9.64 Å². The molecule has 0 bridgehead atoms. The maximum atomic E-state index is 13.2. The summed E-state index contributed by atoms with van der Waals surface area (Å²) in [5.74, 6) is 0.482. The van der Waals surface area contributed by atoms with Crippen LogP contribution in [-0.2, 0) is 14.8 Å². The van der Waals surface area contributed by atoms with E-state index >= 15 is 0 Å². The minimum absolute atomic E-state index is 0.0477. The van der Waals surface area contributed by atoms with Crippen LogP contribution in [0.4, 0.5) is 5.69 Å². The lowest BCUT2D eigenvalue weighted by Gasteiger charge is -2.38. The third-order valence-electron chi connectivity index (χ3n) is 5.71. The predicted molar refractivity (Wildman–Crippen MR) is 112 cm³/mol. The van der Waals surface area contributed by atoms with Crippen LogP contribution in [0.25, 0.3) is 0 Å². The van der Waals surface area contributed by atoms with Crippen molar-refractivity contribution in [2.24, 2.45) is 5.92 Å². The highest BCUT2D eigenvalue weighted by atomic mass is 32.2. The molecule has 2 fully saturated rings. The molecule has 2 aromatic rings. The molecule has 2 aromatic carbocycles. The standard InChI is InChI=1S/C22H26N2O4S/c1-23(29(2,26)27)19-12-10-18(11-13-19)22(25)24-14-20(16-6-4-3-5-7-16)28-21(15-24)17-8-9-17/h3-7,10-13,17,20-21H,8-9,14-15H2,1-2H3/t20-,21+/m0/s1. The summed E-state index contributed by atoms with van der Waals surface area (Å²) in [4.78, 5) is 15.1. The molecule has 1 saturated heterocycles. The van der Waals surface area contributed by atoms with Crippen molar-refractivity contribution in [1.29, 1.82) is 0 Å². The molecule has 2 atom stereocenters. The van der Waals surface area contributed by atoms with Gasteiger partial charge in [0.05, 0.1) is 24.6 Å². The Morgan fingerprint density at radius 2 is 1.69 bits per heavy atom. The second-order valence-electron chi connectivity index (χ2n) is 7.90. The summed E-state index contributed by atoms with van der Waals surface area (Å²) in [5.41, 5.74) is 2.17. The van der Waals surface area contributed by atoms with E-state index in [0.29, 0.717) is 30.3 Å². The molecule has 1 amide bonds. The second-order valence-corrected chi connectivity index (χ2v) is 9.91. The molecule has 1 aliphatic heterocycles. The van der Waals surface area contributed by atoms with E-state index in [9.17, 15) is 13.2 Å². The molecule has 154 valence electrons. The molecule has 6 nitrogen and oxygen atoms in total. The van der Waals surface area contributed by atoms with Crippen molar-refractivity contribution in [3.63, 3.8) is 0 Å². The fraction of sp³-hybridized carbons (Fsp3) is 0.409. The highest BCUT2D eigenvalue weighted by Crippen LogP contribution is 2.39. The minimum atomic E-state index is -3.34. The van der Waals surface area contributed by atoms with Gasteiger partial charge in [-0.05, 0) is 48.6 Å². The predicted octanol–water partition coefficient (Wildman–Crippen LogP) is 3.07. The van der Waals surface area contributed by atoms with E-state index in [1.54, 1.807) is 24.3 Å². The first-order valence-electron chi connectivity index (χ1n) is 9.86. The minimum Gasteiger partial charge on any atom is -0.366 e. The lowest BCUT2D eigenvalue weighted by Crippen LogP contribution is -2.47. The number of morpholine rings is 1. The van der Waals surface area contributed by atoms with Crippen LogP contribution in [0.3, 0.4) is 0 Å². The van der Waals surface area contributed by atoms with Gasteiger partial charge in [0.15, 0.2) is 0 Å². The van der Waals surface area contributed by atoms with Crippen LogP contribution in [0, 0.1) is 5.92 Å². The SMILES string of the molecule is CN(c1ccc(C(=O)N2C[C@@H](c3ccccc3)O[C@@H](C3CC3)C2)cc1)S(C)(=O)=O. The smallest absolute Gasteiger partial charge is 0.254 e. The molecule has 0 spiro atoms. The lowest BCUT2D eigenvalue weighted by molar-refractivity contribution is -0.0864. The van der Waals surface area contributed by atoms with Crippen molar-refractivity contribution >= 4 is 21.6 Å². The van der Waals surface area contributed by atoms with E-state index in [1.165, 1.54) is 11.4 Å². The summed E-state index contributed by atoms with van der Waals surface area (Å²) in [7, 11) is -1.84. The number of carbonyl (C=O) groups excluding carboxylic acids is 1. The Morgan fingerprint density at radius 1 is 1.03 bits per heavy atom. The molecule has 4 rings (SSSR count). The van der Waals surface area contributed by atoms with Gasteiger partial charge in [-0.25, -0.2) is 8.42 Å². The number of anilines is 1. The number of hydrogen-bond acceptors (Lipinski definition) is 4. The molecule has 1 saturated carbocycles. The van der Waals surface area contributed by atoms with Crippen molar-refractivity contribution in [3.05, 3.63) is 65.7 Å². The molecule has 0 radical (unpaired) electrons. The first kappa shape index (κ1) is 19.9. The molecular weight excluding hydrogens is 388 g/mol. The summed E-state index contributed by atoms with van der Waals surface area (Å²) in [6.45, 7) is 1.11. The summed E-state index contributed by atoms with van der Waals surface area (Å²) in [5, 5.41) is 0. The highest BCUT2D eigenvalue weighted by molar-refractivity contribution is 7.92. The average molecular weight is 415 g/mol. The Kier molecular flexibility index (Phi) is 5.36. The monoisotopic (exact) mass is 414 g/mol. The molecule has 1 heterocycles. The van der Waals surface area contributed by atoms with Gasteiger partial charge in [0.25, 0.3) is 5.91 Å². The van der Waals surface area contributed by atoms with E-state index in [4.69, 9.17) is 4.74 Å². The first-order valence-corrected chi connectivity index (χ1v) is 11.7. The molecule has 29 heavy (non-hydrogen) atoms.